The van der Waals surface area contributed by atoms with Gasteiger partial charge < -0.3 is 9.72 Å². The van der Waals surface area contributed by atoms with Crippen LogP contribution in [-0.4, -0.2) is 41.6 Å². The SMILES string of the molecule is COc1ccc(-c2nc3c([nH]2)c(C)nn3CC(C)C)cc1Cn1cncn1. The van der Waals surface area contributed by atoms with Gasteiger partial charge in [0, 0.05) is 17.7 Å². The Morgan fingerprint density at radius 2 is 2.11 bits per heavy atom. The maximum absolute atomic E-state index is 5.50. The van der Waals surface area contributed by atoms with Crippen LogP contribution in [0.2, 0.25) is 0 Å². The summed E-state index contributed by atoms with van der Waals surface area (Å²) in [6.45, 7) is 7.78. The van der Waals surface area contributed by atoms with Gasteiger partial charge in [-0.25, -0.2) is 19.3 Å². The van der Waals surface area contributed by atoms with Crippen molar-refractivity contribution in [3.63, 3.8) is 0 Å². The molecule has 0 saturated heterocycles. The number of aryl methyl sites for hydroxylation is 1. The van der Waals surface area contributed by atoms with Crippen molar-refractivity contribution < 1.29 is 4.74 Å². The third kappa shape index (κ3) is 3.30. The minimum atomic E-state index is 0.503. The molecule has 3 heterocycles. The summed E-state index contributed by atoms with van der Waals surface area (Å²) >= 11 is 0. The Morgan fingerprint density at radius 3 is 2.81 bits per heavy atom. The zero-order valence-corrected chi connectivity index (χ0v) is 16.0. The lowest BCUT2D eigenvalue weighted by Crippen LogP contribution is -2.06. The topological polar surface area (TPSA) is 86.4 Å². The van der Waals surface area contributed by atoms with Crippen LogP contribution in [0, 0.1) is 12.8 Å². The molecule has 8 heteroatoms. The van der Waals surface area contributed by atoms with Gasteiger partial charge in [0.15, 0.2) is 5.65 Å². The zero-order valence-electron chi connectivity index (χ0n) is 16.0. The van der Waals surface area contributed by atoms with Gasteiger partial charge in [-0.3, -0.25) is 0 Å². The number of methoxy groups -OCH3 is 1. The molecule has 0 aliphatic heterocycles. The van der Waals surface area contributed by atoms with E-state index in [9.17, 15) is 0 Å². The second kappa shape index (κ2) is 6.86. The molecule has 27 heavy (non-hydrogen) atoms. The van der Waals surface area contributed by atoms with Crippen LogP contribution >= 0.6 is 0 Å². The largest absolute Gasteiger partial charge is 0.496 e. The van der Waals surface area contributed by atoms with Gasteiger partial charge in [0.2, 0.25) is 0 Å². The van der Waals surface area contributed by atoms with E-state index in [1.54, 1.807) is 18.1 Å². The van der Waals surface area contributed by atoms with Gasteiger partial charge in [-0.15, -0.1) is 0 Å². The van der Waals surface area contributed by atoms with Crippen molar-refractivity contribution in [2.45, 2.75) is 33.9 Å². The van der Waals surface area contributed by atoms with E-state index in [0.29, 0.717) is 12.5 Å². The summed E-state index contributed by atoms with van der Waals surface area (Å²) < 4.78 is 9.25. The van der Waals surface area contributed by atoms with Gasteiger partial charge in [0.1, 0.15) is 29.7 Å². The molecule has 8 nitrogen and oxygen atoms in total. The Labute approximate surface area is 157 Å². The lowest BCUT2D eigenvalue weighted by molar-refractivity contribution is 0.407. The number of nitrogens with zero attached hydrogens (tertiary/aromatic N) is 6. The van der Waals surface area contributed by atoms with Gasteiger partial charge in [-0.2, -0.15) is 10.2 Å². The van der Waals surface area contributed by atoms with Gasteiger partial charge in [-0.05, 0) is 31.0 Å². The molecular weight excluding hydrogens is 342 g/mol. The molecule has 0 aliphatic carbocycles. The fourth-order valence-corrected chi connectivity index (χ4v) is 3.23. The number of nitrogens with one attached hydrogen (secondary N) is 1. The van der Waals surface area contributed by atoms with Crippen molar-refractivity contribution in [3.05, 3.63) is 42.1 Å². The maximum Gasteiger partial charge on any atom is 0.177 e. The van der Waals surface area contributed by atoms with E-state index in [1.807, 2.05) is 23.7 Å². The number of ether oxygens (including phenoxy) is 1. The van der Waals surface area contributed by atoms with E-state index in [0.717, 1.165) is 46.1 Å². The highest BCUT2D eigenvalue weighted by Gasteiger charge is 2.16. The molecule has 1 N–H and O–H groups in total. The third-order valence-electron chi connectivity index (χ3n) is 4.45. The smallest absolute Gasteiger partial charge is 0.177 e. The van der Waals surface area contributed by atoms with Crippen LogP contribution < -0.4 is 4.74 Å². The van der Waals surface area contributed by atoms with Crippen LogP contribution in [0.5, 0.6) is 5.75 Å². The van der Waals surface area contributed by atoms with E-state index < -0.39 is 0 Å². The second-order valence-corrected chi connectivity index (χ2v) is 7.07. The van der Waals surface area contributed by atoms with Crippen LogP contribution in [-0.2, 0) is 13.1 Å². The molecule has 3 aromatic heterocycles. The average molecular weight is 365 g/mol. The molecule has 0 fully saturated rings. The summed E-state index contributed by atoms with van der Waals surface area (Å²) in [5, 5.41) is 8.79. The first-order chi connectivity index (χ1) is 13.0. The molecule has 0 bridgehead atoms. The highest BCUT2D eigenvalue weighted by Crippen LogP contribution is 2.28. The summed E-state index contributed by atoms with van der Waals surface area (Å²) in [6.07, 6.45) is 3.22. The molecule has 0 saturated carbocycles. The van der Waals surface area contributed by atoms with Gasteiger partial charge in [0.05, 0.1) is 19.3 Å². The first kappa shape index (κ1) is 17.3. The standard InChI is InChI=1S/C19H23N7O/c1-12(2)8-26-19-17(13(3)24-26)22-18(23-19)14-5-6-16(27-4)15(7-14)9-25-11-20-10-21-25/h5-7,10-12H,8-9H2,1-4H3,(H,22,23). The molecular formula is C19H23N7O. The first-order valence-corrected chi connectivity index (χ1v) is 8.98. The molecule has 0 aliphatic rings. The van der Waals surface area contributed by atoms with E-state index in [4.69, 9.17) is 9.72 Å². The van der Waals surface area contributed by atoms with Crippen LogP contribution in [0.15, 0.2) is 30.9 Å². The number of hydrogen-bond acceptors (Lipinski definition) is 5. The van der Waals surface area contributed by atoms with Gasteiger partial charge in [0.25, 0.3) is 0 Å². The highest BCUT2D eigenvalue weighted by atomic mass is 16.5. The Kier molecular flexibility index (Phi) is 4.39. The predicted molar refractivity (Wildman–Crippen MR) is 103 cm³/mol. The third-order valence-corrected chi connectivity index (χ3v) is 4.45. The van der Waals surface area contributed by atoms with Crippen molar-refractivity contribution in [2.75, 3.05) is 7.11 Å². The summed E-state index contributed by atoms with van der Waals surface area (Å²) in [7, 11) is 1.67. The second-order valence-electron chi connectivity index (χ2n) is 7.07. The molecule has 1 aromatic carbocycles. The summed E-state index contributed by atoms with van der Waals surface area (Å²) in [5.74, 6) is 2.14. The number of H-pyrrole nitrogens is 1. The number of rotatable bonds is 6. The minimum Gasteiger partial charge on any atom is -0.496 e. The zero-order chi connectivity index (χ0) is 19.0. The van der Waals surface area contributed by atoms with Crippen molar-refractivity contribution in [3.8, 4) is 17.1 Å². The van der Waals surface area contributed by atoms with Gasteiger partial charge >= 0.3 is 0 Å². The average Bonchev–Trinajstić information content (AvgIpc) is 3.35. The number of hydrogen-bond donors (Lipinski definition) is 1. The monoisotopic (exact) mass is 365 g/mol. The van der Waals surface area contributed by atoms with Crippen molar-refractivity contribution in [1.82, 2.24) is 34.5 Å². The Balaban J connectivity index is 1.74. The number of aromatic nitrogens is 7. The highest BCUT2D eigenvalue weighted by molar-refractivity contribution is 5.79. The van der Waals surface area contributed by atoms with E-state index >= 15 is 0 Å². The molecule has 140 valence electrons. The Bertz CT molecular complexity index is 1060. The van der Waals surface area contributed by atoms with Crippen LogP contribution in [0.1, 0.15) is 25.1 Å². The lowest BCUT2D eigenvalue weighted by atomic mass is 10.1. The van der Waals surface area contributed by atoms with Gasteiger partial charge in [-0.1, -0.05) is 13.8 Å². The van der Waals surface area contributed by atoms with Crippen LogP contribution in [0.3, 0.4) is 0 Å². The lowest BCUT2D eigenvalue weighted by Gasteiger charge is -2.10. The van der Waals surface area contributed by atoms with Crippen LogP contribution in [0.4, 0.5) is 0 Å². The van der Waals surface area contributed by atoms with Crippen molar-refractivity contribution in [1.29, 1.82) is 0 Å². The van der Waals surface area contributed by atoms with E-state index in [-0.39, 0.29) is 0 Å². The molecule has 0 amide bonds. The number of fused-ring (bicyclic) bond motifs is 1. The number of benzene rings is 1. The summed E-state index contributed by atoms with van der Waals surface area (Å²) in [5.41, 5.74) is 4.85. The molecule has 0 unspecified atom stereocenters. The molecule has 4 aromatic rings. The summed E-state index contributed by atoms with van der Waals surface area (Å²) in [4.78, 5) is 12.2. The van der Waals surface area contributed by atoms with Crippen LogP contribution in [0.25, 0.3) is 22.6 Å². The Morgan fingerprint density at radius 1 is 1.26 bits per heavy atom. The fourth-order valence-electron chi connectivity index (χ4n) is 3.23. The van der Waals surface area contributed by atoms with Crippen molar-refractivity contribution >= 4 is 11.2 Å². The fraction of sp³-hybridized carbons (Fsp3) is 0.368. The molecule has 0 spiro atoms. The number of aromatic amines is 1. The first-order valence-electron chi connectivity index (χ1n) is 8.98. The molecule has 4 rings (SSSR count). The quantitative estimate of drug-likeness (QED) is 0.567. The number of imidazole rings is 1. The Hall–Kier alpha value is -3.16. The summed E-state index contributed by atoms with van der Waals surface area (Å²) in [6, 6.07) is 6.05. The normalized spacial score (nSPS) is 11.6. The van der Waals surface area contributed by atoms with E-state index in [2.05, 4.69) is 40.1 Å². The molecule has 0 radical (unpaired) electrons. The van der Waals surface area contributed by atoms with E-state index in [1.165, 1.54) is 6.33 Å². The van der Waals surface area contributed by atoms with Crippen molar-refractivity contribution in [2.24, 2.45) is 5.92 Å². The predicted octanol–water partition coefficient (Wildman–Crippen LogP) is 3.04. The molecule has 0 atom stereocenters. The maximum atomic E-state index is 5.50. The minimum absolute atomic E-state index is 0.503.